The first kappa shape index (κ1) is 11.0. The lowest BCUT2D eigenvalue weighted by Gasteiger charge is -2.03. The largest absolute Gasteiger partial charge is 0.330 e. The highest BCUT2D eigenvalue weighted by Crippen LogP contribution is 2.10. The SMILES string of the molecule is CC(=CCCN)Cc1cccc(C)c1. The van der Waals surface area contributed by atoms with Gasteiger partial charge in [-0.2, -0.15) is 0 Å². The van der Waals surface area contributed by atoms with Gasteiger partial charge in [-0.05, 0) is 38.8 Å². The molecule has 0 spiro atoms. The van der Waals surface area contributed by atoms with Crippen molar-refractivity contribution in [3.8, 4) is 0 Å². The molecule has 0 saturated heterocycles. The number of hydrogen-bond acceptors (Lipinski definition) is 1. The Morgan fingerprint density at radius 2 is 2.21 bits per heavy atom. The minimum atomic E-state index is 0.741. The van der Waals surface area contributed by atoms with E-state index < -0.39 is 0 Å². The summed E-state index contributed by atoms with van der Waals surface area (Å²) >= 11 is 0. The summed E-state index contributed by atoms with van der Waals surface area (Å²) < 4.78 is 0. The van der Waals surface area contributed by atoms with Crippen molar-refractivity contribution in [1.29, 1.82) is 0 Å². The Morgan fingerprint density at radius 3 is 2.86 bits per heavy atom. The van der Waals surface area contributed by atoms with Crippen molar-refractivity contribution in [3.05, 3.63) is 47.0 Å². The fraction of sp³-hybridized carbons (Fsp3) is 0.385. The molecular formula is C13H19N. The average molecular weight is 189 g/mol. The average Bonchev–Trinajstić information content (AvgIpc) is 2.15. The molecule has 0 unspecified atom stereocenters. The van der Waals surface area contributed by atoms with Crippen LogP contribution in [0.25, 0.3) is 0 Å². The van der Waals surface area contributed by atoms with Gasteiger partial charge >= 0.3 is 0 Å². The van der Waals surface area contributed by atoms with Crippen LogP contribution >= 0.6 is 0 Å². The summed E-state index contributed by atoms with van der Waals surface area (Å²) in [6, 6.07) is 8.65. The normalized spacial score (nSPS) is 11.8. The van der Waals surface area contributed by atoms with Gasteiger partial charge in [-0.15, -0.1) is 0 Å². The van der Waals surface area contributed by atoms with Crippen molar-refractivity contribution in [1.82, 2.24) is 0 Å². The molecule has 76 valence electrons. The monoisotopic (exact) mass is 189 g/mol. The van der Waals surface area contributed by atoms with Crippen molar-refractivity contribution < 1.29 is 0 Å². The molecule has 0 aliphatic carbocycles. The highest BCUT2D eigenvalue weighted by atomic mass is 14.5. The van der Waals surface area contributed by atoms with E-state index in [0.29, 0.717) is 0 Å². The number of rotatable bonds is 4. The molecule has 0 radical (unpaired) electrons. The molecule has 0 fully saturated rings. The Labute approximate surface area is 86.6 Å². The number of allylic oxidation sites excluding steroid dienone is 1. The van der Waals surface area contributed by atoms with Crippen molar-refractivity contribution in [2.45, 2.75) is 26.7 Å². The summed E-state index contributed by atoms with van der Waals surface area (Å²) in [7, 11) is 0. The predicted octanol–water partition coefficient (Wildman–Crippen LogP) is 2.83. The Hall–Kier alpha value is -1.08. The van der Waals surface area contributed by atoms with Crippen LogP contribution in [0.2, 0.25) is 0 Å². The van der Waals surface area contributed by atoms with E-state index in [1.807, 2.05) is 0 Å². The van der Waals surface area contributed by atoms with Crippen LogP contribution in [0.4, 0.5) is 0 Å². The van der Waals surface area contributed by atoms with Gasteiger partial charge in [-0.3, -0.25) is 0 Å². The van der Waals surface area contributed by atoms with Gasteiger partial charge in [-0.25, -0.2) is 0 Å². The summed E-state index contributed by atoms with van der Waals surface area (Å²) in [6.45, 7) is 5.03. The predicted molar refractivity (Wildman–Crippen MR) is 62.3 cm³/mol. The Balaban J connectivity index is 2.60. The second-order valence-corrected chi connectivity index (χ2v) is 3.79. The number of aryl methyl sites for hydroxylation is 1. The molecule has 1 nitrogen and oxygen atoms in total. The first-order chi connectivity index (χ1) is 6.72. The van der Waals surface area contributed by atoms with Gasteiger partial charge in [0.15, 0.2) is 0 Å². The van der Waals surface area contributed by atoms with E-state index in [4.69, 9.17) is 5.73 Å². The molecule has 1 rings (SSSR count). The lowest BCUT2D eigenvalue weighted by molar-refractivity contribution is 0.981. The van der Waals surface area contributed by atoms with E-state index in [9.17, 15) is 0 Å². The number of benzene rings is 1. The molecule has 1 heteroatoms. The van der Waals surface area contributed by atoms with Gasteiger partial charge in [0.1, 0.15) is 0 Å². The topological polar surface area (TPSA) is 26.0 Å². The minimum Gasteiger partial charge on any atom is -0.330 e. The standard InChI is InChI=1S/C13H19N/c1-11-5-3-7-13(9-11)10-12(2)6-4-8-14/h3,5-7,9H,4,8,10,14H2,1-2H3. The quantitative estimate of drug-likeness (QED) is 0.724. The van der Waals surface area contributed by atoms with Gasteiger partial charge in [-0.1, -0.05) is 41.5 Å². The summed E-state index contributed by atoms with van der Waals surface area (Å²) in [5.74, 6) is 0. The fourth-order valence-corrected chi connectivity index (χ4v) is 1.55. The van der Waals surface area contributed by atoms with Crippen molar-refractivity contribution in [2.24, 2.45) is 5.73 Å². The van der Waals surface area contributed by atoms with Gasteiger partial charge in [0, 0.05) is 0 Å². The van der Waals surface area contributed by atoms with Gasteiger partial charge < -0.3 is 5.73 Å². The maximum Gasteiger partial charge on any atom is -0.00425 e. The summed E-state index contributed by atoms with van der Waals surface area (Å²) in [4.78, 5) is 0. The fourth-order valence-electron chi connectivity index (χ4n) is 1.55. The third-order valence-corrected chi connectivity index (χ3v) is 2.22. The second-order valence-electron chi connectivity index (χ2n) is 3.79. The van der Waals surface area contributed by atoms with Crippen LogP contribution in [0.5, 0.6) is 0 Å². The summed E-state index contributed by atoms with van der Waals surface area (Å²) in [5, 5.41) is 0. The van der Waals surface area contributed by atoms with Crippen LogP contribution in [0.1, 0.15) is 24.5 Å². The van der Waals surface area contributed by atoms with Crippen LogP contribution in [0.15, 0.2) is 35.9 Å². The Bertz CT molecular complexity index is 313. The van der Waals surface area contributed by atoms with Crippen molar-refractivity contribution in [3.63, 3.8) is 0 Å². The molecule has 0 amide bonds. The van der Waals surface area contributed by atoms with E-state index in [1.54, 1.807) is 0 Å². The van der Waals surface area contributed by atoms with Gasteiger partial charge in [0.25, 0.3) is 0 Å². The first-order valence-corrected chi connectivity index (χ1v) is 5.13. The molecule has 0 aromatic heterocycles. The van der Waals surface area contributed by atoms with E-state index in [1.165, 1.54) is 16.7 Å². The molecule has 1 aromatic rings. The molecule has 0 saturated carbocycles. The second kappa shape index (κ2) is 5.61. The molecule has 0 aliphatic heterocycles. The van der Waals surface area contributed by atoms with Crippen molar-refractivity contribution >= 4 is 0 Å². The first-order valence-electron chi connectivity index (χ1n) is 5.13. The zero-order valence-electron chi connectivity index (χ0n) is 9.09. The molecule has 2 N–H and O–H groups in total. The molecule has 1 aromatic carbocycles. The molecule has 0 heterocycles. The Kier molecular flexibility index (Phi) is 4.41. The minimum absolute atomic E-state index is 0.741. The third kappa shape index (κ3) is 3.75. The highest BCUT2D eigenvalue weighted by Gasteiger charge is 1.94. The maximum atomic E-state index is 5.45. The van der Waals surface area contributed by atoms with Crippen LogP contribution < -0.4 is 5.73 Å². The smallest absolute Gasteiger partial charge is 0.00425 e. The molecular weight excluding hydrogens is 170 g/mol. The molecule has 0 atom stereocenters. The van der Waals surface area contributed by atoms with Gasteiger partial charge in [0.2, 0.25) is 0 Å². The summed E-state index contributed by atoms with van der Waals surface area (Å²) in [5.41, 5.74) is 9.57. The summed E-state index contributed by atoms with van der Waals surface area (Å²) in [6.07, 6.45) is 4.25. The van der Waals surface area contributed by atoms with E-state index >= 15 is 0 Å². The third-order valence-electron chi connectivity index (χ3n) is 2.22. The van der Waals surface area contributed by atoms with E-state index in [0.717, 1.165) is 19.4 Å². The number of nitrogens with two attached hydrogens (primary N) is 1. The molecule has 14 heavy (non-hydrogen) atoms. The number of hydrogen-bond donors (Lipinski definition) is 1. The molecule has 0 aliphatic rings. The van der Waals surface area contributed by atoms with Crippen LogP contribution in [0, 0.1) is 6.92 Å². The van der Waals surface area contributed by atoms with Crippen LogP contribution in [-0.2, 0) is 6.42 Å². The van der Waals surface area contributed by atoms with Gasteiger partial charge in [0.05, 0.1) is 0 Å². The molecule has 0 bridgehead atoms. The maximum absolute atomic E-state index is 5.45. The van der Waals surface area contributed by atoms with Crippen molar-refractivity contribution in [2.75, 3.05) is 6.54 Å². The Morgan fingerprint density at radius 1 is 1.43 bits per heavy atom. The van der Waals surface area contributed by atoms with Crippen LogP contribution in [0.3, 0.4) is 0 Å². The van der Waals surface area contributed by atoms with Crippen LogP contribution in [-0.4, -0.2) is 6.54 Å². The van der Waals surface area contributed by atoms with E-state index in [2.05, 4.69) is 44.2 Å². The highest BCUT2D eigenvalue weighted by molar-refractivity contribution is 5.25. The lowest BCUT2D eigenvalue weighted by Crippen LogP contribution is -1.96. The zero-order chi connectivity index (χ0) is 10.4. The zero-order valence-corrected chi connectivity index (χ0v) is 9.09. The van der Waals surface area contributed by atoms with E-state index in [-0.39, 0.29) is 0 Å². The lowest BCUT2D eigenvalue weighted by atomic mass is 10.0.